The Morgan fingerprint density at radius 2 is 0.742 bits per heavy atom. The highest BCUT2D eigenvalue weighted by Crippen LogP contribution is 2.46. The summed E-state index contributed by atoms with van der Waals surface area (Å²) in [4.78, 5) is 43.0. The van der Waals surface area contributed by atoms with Crippen molar-refractivity contribution in [3.05, 3.63) is 247 Å². The number of aromatic hydroxyl groups is 3. The van der Waals surface area contributed by atoms with E-state index >= 15 is 0 Å². The third-order valence-corrected chi connectivity index (χ3v) is 20.0. The molecule has 0 spiro atoms. The van der Waals surface area contributed by atoms with E-state index in [1.807, 2.05) is 154 Å². The number of rotatable bonds is 25. The van der Waals surface area contributed by atoms with Gasteiger partial charge >= 0.3 is 0 Å². The summed E-state index contributed by atoms with van der Waals surface area (Å²) in [6.45, 7) is 22.6. The molecule has 0 amide bonds. The summed E-state index contributed by atoms with van der Waals surface area (Å²) in [6, 6.07) is 55.6. The second-order valence-electron chi connectivity index (χ2n) is 23.3. The number of benzene rings is 9. The predicted molar refractivity (Wildman–Crippen MR) is 397 cm³/mol. The Bertz CT molecular complexity index is 4700. The smallest absolute Gasteiger partial charge is 0.204 e. The number of ether oxygens (including phenoxy) is 3. The van der Waals surface area contributed by atoms with Gasteiger partial charge in [-0.25, -0.2) is 4.39 Å². The van der Waals surface area contributed by atoms with Crippen LogP contribution in [-0.4, -0.2) is 91.8 Å². The minimum atomic E-state index is -0.354. The molecule has 9 aromatic carbocycles. The summed E-state index contributed by atoms with van der Waals surface area (Å²) in [7, 11) is 0. The quantitative estimate of drug-likeness (QED) is 0.0236. The van der Waals surface area contributed by atoms with E-state index in [1.54, 1.807) is 50.2 Å². The zero-order valence-corrected chi connectivity index (χ0v) is 58.2. The molecule has 0 saturated heterocycles. The second-order valence-corrected chi connectivity index (χ2v) is 26.5. The maximum atomic E-state index is 13.8. The number of aryl methyl sites for hydroxylation is 5. The lowest BCUT2D eigenvalue weighted by molar-refractivity contribution is 0.103. The van der Waals surface area contributed by atoms with Crippen LogP contribution in [0.4, 0.5) is 4.39 Å². The number of fused-ring (bicyclic) bond motifs is 3. The molecule has 0 aliphatic heterocycles. The Kier molecular flexibility index (Phi) is 23.9. The number of hydrogen-bond donors (Lipinski definition) is 6. The SMILES string of the molecule is CCNCCOc1ccc(-c2c(C(=O)c3c(C)cc(F)cc3C)sc3cc(O)ccc23)cc1.CCNCCOc1ccc(-c2c(C(=O)c3c(C)cccc3C)sc3cc(O)ccc23)cc1.CCNCCOc1ccc(-c2c(C(=O)c3ccccc3CC)sc3cc(O)ccc23)cc1. The first-order valence-corrected chi connectivity index (χ1v) is 35.1. The monoisotopic (exact) mass is 1350 g/mol. The van der Waals surface area contributed by atoms with Gasteiger partial charge in [0.05, 0.1) is 14.6 Å². The first-order valence-electron chi connectivity index (χ1n) is 32.6. The van der Waals surface area contributed by atoms with Gasteiger partial charge in [0.15, 0.2) is 0 Å². The number of ketones is 3. The summed E-state index contributed by atoms with van der Waals surface area (Å²) in [5.41, 5.74) is 11.6. The van der Waals surface area contributed by atoms with Crippen LogP contribution < -0.4 is 30.2 Å². The molecule has 12 rings (SSSR count). The molecule has 0 atom stereocenters. The summed E-state index contributed by atoms with van der Waals surface area (Å²) in [6.07, 6.45) is 0.794. The van der Waals surface area contributed by atoms with Crippen LogP contribution in [0.2, 0.25) is 0 Å². The molecule has 0 unspecified atom stereocenters. The number of phenols is 3. The van der Waals surface area contributed by atoms with E-state index in [0.29, 0.717) is 51.1 Å². The average Bonchev–Trinajstić information content (AvgIpc) is 1.64. The molecule has 0 saturated carbocycles. The van der Waals surface area contributed by atoms with Crippen molar-refractivity contribution in [1.82, 2.24) is 16.0 Å². The number of hydrogen-bond acceptors (Lipinski definition) is 15. The molecule has 498 valence electrons. The Balaban J connectivity index is 0.000000158. The van der Waals surface area contributed by atoms with E-state index in [9.17, 15) is 34.1 Å². The maximum absolute atomic E-state index is 13.8. The van der Waals surface area contributed by atoms with Crippen molar-refractivity contribution in [3.63, 3.8) is 0 Å². The molecule has 12 nitrogen and oxygen atoms in total. The van der Waals surface area contributed by atoms with Gasteiger partial charge < -0.3 is 45.5 Å². The van der Waals surface area contributed by atoms with Crippen LogP contribution >= 0.6 is 34.0 Å². The number of carbonyl (C=O) groups excluding carboxylic acids is 3. The van der Waals surface area contributed by atoms with Crippen molar-refractivity contribution >= 4 is 81.6 Å². The van der Waals surface area contributed by atoms with Crippen molar-refractivity contribution in [2.24, 2.45) is 0 Å². The second kappa shape index (κ2) is 33.0. The standard InChI is InChI=1S/C27H26FNO3S.2C27H27NO3S/c1-4-29-11-12-32-21-8-5-18(6-9-21)25-22-10-7-20(30)15-23(22)33-27(25)26(31)24-16(2)13-19(28)14-17(24)3;1-4-28-14-15-31-21-11-8-19(9-12-21)25-22-13-10-20(29)16-23(22)32-27(25)26(30)24-17(2)6-5-7-18(24)3;1-3-18-7-5-6-8-22(18)26(30)27-25(23-14-11-20(29)17-24(23)32-27)19-9-12-21(13-10-19)31-16-15-28-4-2/h5-10,13-15,29-30H,4,11-12H2,1-3H3;5-13,16,28-29H,4,14-15H2,1-3H3;5-14,17,28-29H,3-4,15-16H2,1-2H3. The summed E-state index contributed by atoms with van der Waals surface area (Å²) in [5.74, 6) is 2.42. The normalized spacial score (nSPS) is 11.1. The summed E-state index contributed by atoms with van der Waals surface area (Å²) >= 11 is 4.20. The molecule has 0 aliphatic carbocycles. The average molecular weight is 1350 g/mol. The largest absolute Gasteiger partial charge is 0.508 e. The van der Waals surface area contributed by atoms with E-state index in [0.717, 1.165) is 154 Å². The van der Waals surface area contributed by atoms with Gasteiger partial charge in [-0.2, -0.15) is 0 Å². The molecule has 97 heavy (non-hydrogen) atoms. The lowest BCUT2D eigenvalue weighted by atomic mass is 9.94. The number of phenolic OH excluding ortho intramolecular Hbond substituents is 3. The van der Waals surface area contributed by atoms with Gasteiger partial charge in [-0.1, -0.05) is 107 Å². The molecule has 0 radical (unpaired) electrons. The molecule has 16 heteroatoms. The zero-order valence-electron chi connectivity index (χ0n) is 55.8. The van der Waals surface area contributed by atoms with E-state index in [-0.39, 0.29) is 40.4 Å². The van der Waals surface area contributed by atoms with E-state index in [1.165, 1.54) is 46.1 Å². The first-order chi connectivity index (χ1) is 47.0. The van der Waals surface area contributed by atoms with Gasteiger partial charge in [-0.05, 0) is 201 Å². The van der Waals surface area contributed by atoms with E-state index in [2.05, 4.69) is 36.7 Å². The van der Waals surface area contributed by atoms with Crippen LogP contribution in [0.5, 0.6) is 34.5 Å². The van der Waals surface area contributed by atoms with Crippen LogP contribution in [0.15, 0.2) is 182 Å². The van der Waals surface area contributed by atoms with Crippen molar-refractivity contribution in [2.45, 2.75) is 61.8 Å². The molecule has 6 N–H and O–H groups in total. The van der Waals surface area contributed by atoms with Gasteiger partial charge in [0.1, 0.15) is 60.1 Å². The zero-order chi connectivity index (χ0) is 68.7. The lowest BCUT2D eigenvalue weighted by Gasteiger charge is -2.11. The highest BCUT2D eigenvalue weighted by molar-refractivity contribution is 7.22. The molecule has 0 aliphatic rings. The Labute approximate surface area is 578 Å². The predicted octanol–water partition coefficient (Wildman–Crippen LogP) is 18.4. The fraction of sp³-hybridized carbons (Fsp3) is 0.222. The fourth-order valence-corrected chi connectivity index (χ4v) is 15.5. The van der Waals surface area contributed by atoms with Crippen LogP contribution in [0.25, 0.3) is 63.6 Å². The first kappa shape index (κ1) is 70.3. The van der Waals surface area contributed by atoms with E-state index in [4.69, 9.17) is 14.2 Å². The van der Waals surface area contributed by atoms with Crippen LogP contribution in [0, 0.1) is 33.5 Å². The maximum Gasteiger partial charge on any atom is 0.204 e. The third-order valence-electron chi connectivity index (χ3n) is 16.5. The van der Waals surface area contributed by atoms with E-state index < -0.39 is 0 Å². The number of nitrogens with one attached hydrogen (secondary N) is 3. The lowest BCUT2D eigenvalue weighted by Crippen LogP contribution is -2.20. The Morgan fingerprint density at radius 3 is 1.09 bits per heavy atom. The number of likely N-dealkylation sites (N-methyl/N-ethyl adjacent to an activating group) is 3. The molecule has 12 aromatic rings. The Hall–Kier alpha value is -9.52. The van der Waals surface area contributed by atoms with Gasteiger partial charge in [-0.15, -0.1) is 34.0 Å². The van der Waals surface area contributed by atoms with Gasteiger partial charge in [0.25, 0.3) is 0 Å². The molecular formula is C81H80FN3O9S3. The van der Waals surface area contributed by atoms with Crippen molar-refractivity contribution in [3.8, 4) is 67.9 Å². The van der Waals surface area contributed by atoms with Gasteiger partial charge in [-0.3, -0.25) is 14.4 Å². The van der Waals surface area contributed by atoms with Crippen molar-refractivity contribution in [1.29, 1.82) is 0 Å². The number of carbonyl (C=O) groups is 3. The van der Waals surface area contributed by atoms with Crippen LogP contribution in [0.3, 0.4) is 0 Å². The third kappa shape index (κ3) is 16.7. The van der Waals surface area contributed by atoms with Crippen molar-refractivity contribution < 1.29 is 48.3 Å². The summed E-state index contributed by atoms with van der Waals surface area (Å²) < 4.78 is 33.8. The minimum Gasteiger partial charge on any atom is -0.508 e. The Morgan fingerprint density at radius 1 is 0.402 bits per heavy atom. The fourth-order valence-electron chi connectivity index (χ4n) is 11.8. The number of thiophene rings is 3. The van der Waals surface area contributed by atoms with Gasteiger partial charge in [0.2, 0.25) is 17.3 Å². The molecule has 0 bridgehead atoms. The molecule has 0 fully saturated rings. The molecular weight excluding hydrogens is 1270 g/mol. The molecule has 3 aromatic heterocycles. The van der Waals surface area contributed by atoms with Crippen LogP contribution in [0.1, 0.15) is 101 Å². The minimum absolute atomic E-state index is 0.0160. The highest BCUT2D eigenvalue weighted by Gasteiger charge is 2.27. The van der Waals surface area contributed by atoms with Crippen molar-refractivity contribution in [2.75, 3.05) is 59.1 Å². The van der Waals surface area contributed by atoms with Crippen LogP contribution in [-0.2, 0) is 6.42 Å². The highest BCUT2D eigenvalue weighted by atomic mass is 32.1. The summed E-state index contributed by atoms with van der Waals surface area (Å²) in [5, 5.41) is 42.5. The number of halogens is 1. The topological polar surface area (TPSA) is 176 Å². The molecule has 3 heterocycles. The van der Waals surface area contributed by atoms with Gasteiger partial charge in [0, 0.05) is 83.3 Å².